The number of carbonyl (C=O) groups excluding carboxylic acids is 2. The van der Waals surface area contributed by atoms with Crippen LogP contribution in [-0.2, 0) is 28.8 Å². The molecule has 36 heavy (non-hydrogen) atoms. The molecule has 4 rings (SSSR count). The third-order valence-corrected chi connectivity index (χ3v) is 8.21. The van der Waals surface area contributed by atoms with E-state index in [1.807, 2.05) is 18.2 Å². The standard InChI is InChI=1S/C28H29N3O3S2/c1-3-5-9-20-13-11-19(17-29)26(30-20)35-16-15-23(32)31-27-24(28(33)34-4-2)22-14-12-18-8-6-7-10-21(18)25(22)36-27/h6-8,10-11,13H,3-5,9,12,14-16H2,1-2H3,(H,31,32). The van der Waals surface area contributed by atoms with Gasteiger partial charge in [-0.1, -0.05) is 37.6 Å². The van der Waals surface area contributed by atoms with Gasteiger partial charge in [0, 0.05) is 22.7 Å². The Kier molecular flexibility index (Phi) is 8.79. The van der Waals surface area contributed by atoms with Crippen molar-refractivity contribution in [2.24, 2.45) is 0 Å². The lowest BCUT2D eigenvalue weighted by Crippen LogP contribution is -2.16. The number of ether oxygens (including phenoxy) is 1. The quantitative estimate of drug-likeness (QED) is 0.245. The van der Waals surface area contributed by atoms with Gasteiger partial charge in [0.25, 0.3) is 0 Å². The Morgan fingerprint density at radius 3 is 2.81 bits per heavy atom. The lowest BCUT2D eigenvalue weighted by molar-refractivity contribution is -0.115. The van der Waals surface area contributed by atoms with Gasteiger partial charge < -0.3 is 10.1 Å². The van der Waals surface area contributed by atoms with Crippen LogP contribution in [0.15, 0.2) is 41.4 Å². The average Bonchev–Trinajstić information content (AvgIpc) is 3.26. The minimum Gasteiger partial charge on any atom is -0.462 e. The van der Waals surface area contributed by atoms with Crippen LogP contribution in [0.2, 0.25) is 0 Å². The summed E-state index contributed by atoms with van der Waals surface area (Å²) in [6, 6.07) is 14.1. The number of amides is 1. The van der Waals surface area contributed by atoms with Gasteiger partial charge in [-0.2, -0.15) is 5.26 Å². The number of thiophene rings is 1. The number of nitrogens with one attached hydrogen (secondary N) is 1. The Labute approximate surface area is 220 Å². The molecule has 0 bridgehead atoms. The molecule has 0 atom stereocenters. The molecule has 0 unspecified atom stereocenters. The Bertz CT molecular complexity index is 1310. The first-order valence-electron chi connectivity index (χ1n) is 12.3. The summed E-state index contributed by atoms with van der Waals surface area (Å²) in [6.07, 6.45) is 4.82. The summed E-state index contributed by atoms with van der Waals surface area (Å²) in [7, 11) is 0. The monoisotopic (exact) mass is 519 g/mol. The van der Waals surface area contributed by atoms with E-state index in [4.69, 9.17) is 4.74 Å². The first-order chi connectivity index (χ1) is 17.5. The van der Waals surface area contributed by atoms with Crippen molar-refractivity contribution in [2.75, 3.05) is 17.7 Å². The van der Waals surface area contributed by atoms with Crippen LogP contribution in [0.1, 0.15) is 65.9 Å². The number of pyridine rings is 1. The molecular formula is C28H29N3O3S2. The van der Waals surface area contributed by atoms with Gasteiger partial charge in [-0.05, 0) is 61.4 Å². The minimum atomic E-state index is -0.397. The highest BCUT2D eigenvalue weighted by Crippen LogP contribution is 2.45. The second-order valence-electron chi connectivity index (χ2n) is 8.51. The van der Waals surface area contributed by atoms with Gasteiger partial charge in [0.05, 0.1) is 17.7 Å². The van der Waals surface area contributed by atoms with Crippen molar-refractivity contribution < 1.29 is 14.3 Å². The third kappa shape index (κ3) is 5.80. The molecule has 0 fully saturated rings. The van der Waals surface area contributed by atoms with Crippen LogP contribution in [0.4, 0.5) is 5.00 Å². The molecule has 186 valence electrons. The zero-order valence-corrected chi connectivity index (χ0v) is 22.2. The molecule has 0 spiro atoms. The van der Waals surface area contributed by atoms with E-state index >= 15 is 0 Å². The van der Waals surface area contributed by atoms with Crippen LogP contribution in [0.5, 0.6) is 0 Å². The van der Waals surface area contributed by atoms with Crippen molar-refractivity contribution in [3.8, 4) is 16.5 Å². The Hall–Kier alpha value is -3.15. The summed E-state index contributed by atoms with van der Waals surface area (Å²) in [6.45, 7) is 4.19. The Morgan fingerprint density at radius 2 is 2.03 bits per heavy atom. The van der Waals surface area contributed by atoms with Gasteiger partial charge in [0.1, 0.15) is 16.1 Å². The second kappa shape index (κ2) is 12.2. The number of aryl methyl sites for hydroxylation is 2. The van der Waals surface area contributed by atoms with E-state index in [-0.39, 0.29) is 18.9 Å². The molecule has 1 aliphatic rings. The van der Waals surface area contributed by atoms with E-state index in [1.54, 1.807) is 13.0 Å². The fraction of sp³-hybridized carbons (Fsp3) is 0.357. The maximum atomic E-state index is 12.9. The summed E-state index contributed by atoms with van der Waals surface area (Å²) in [5.74, 6) is -0.0978. The first-order valence-corrected chi connectivity index (χ1v) is 14.1. The summed E-state index contributed by atoms with van der Waals surface area (Å²) in [4.78, 5) is 31.4. The van der Waals surface area contributed by atoms with Gasteiger partial charge >= 0.3 is 5.97 Å². The molecular weight excluding hydrogens is 490 g/mol. The lowest BCUT2D eigenvalue weighted by atomic mass is 9.89. The van der Waals surface area contributed by atoms with Crippen LogP contribution in [0, 0.1) is 11.3 Å². The molecule has 2 aromatic heterocycles. The van der Waals surface area contributed by atoms with E-state index in [9.17, 15) is 14.9 Å². The highest BCUT2D eigenvalue weighted by molar-refractivity contribution is 7.99. The number of nitriles is 1. The molecule has 6 nitrogen and oxygen atoms in total. The molecule has 0 aliphatic heterocycles. The number of anilines is 1. The zero-order valence-electron chi connectivity index (χ0n) is 20.6. The van der Waals surface area contributed by atoms with E-state index in [2.05, 4.69) is 35.4 Å². The van der Waals surface area contributed by atoms with Crippen LogP contribution in [-0.4, -0.2) is 29.2 Å². The number of nitrogens with zero attached hydrogens (tertiary/aromatic N) is 2. The van der Waals surface area contributed by atoms with Crippen molar-refractivity contribution in [3.63, 3.8) is 0 Å². The van der Waals surface area contributed by atoms with Crippen LogP contribution < -0.4 is 5.32 Å². The zero-order chi connectivity index (χ0) is 25.5. The number of carbonyl (C=O) groups is 2. The second-order valence-corrected chi connectivity index (χ2v) is 10.6. The SMILES string of the molecule is CCCCc1ccc(C#N)c(SCCC(=O)Nc2sc3c(c2C(=O)OCC)CCc2ccccc2-3)n1. The molecule has 2 heterocycles. The summed E-state index contributed by atoms with van der Waals surface area (Å²) < 4.78 is 5.34. The van der Waals surface area contributed by atoms with Crippen molar-refractivity contribution in [1.29, 1.82) is 5.26 Å². The maximum Gasteiger partial charge on any atom is 0.341 e. The summed E-state index contributed by atoms with van der Waals surface area (Å²) >= 11 is 2.85. The molecule has 8 heteroatoms. The van der Waals surface area contributed by atoms with Gasteiger partial charge in [-0.25, -0.2) is 9.78 Å². The number of benzene rings is 1. The fourth-order valence-corrected chi connectivity index (χ4v) is 6.49. The Morgan fingerprint density at radius 1 is 1.19 bits per heavy atom. The van der Waals surface area contributed by atoms with E-state index in [0.717, 1.165) is 53.8 Å². The smallest absolute Gasteiger partial charge is 0.341 e. The number of hydrogen-bond donors (Lipinski definition) is 1. The predicted molar refractivity (Wildman–Crippen MR) is 145 cm³/mol. The van der Waals surface area contributed by atoms with Crippen molar-refractivity contribution in [1.82, 2.24) is 4.98 Å². The van der Waals surface area contributed by atoms with Crippen LogP contribution in [0.25, 0.3) is 10.4 Å². The number of unbranched alkanes of at least 4 members (excludes halogenated alkanes) is 1. The van der Waals surface area contributed by atoms with Gasteiger partial charge in [-0.3, -0.25) is 4.79 Å². The van der Waals surface area contributed by atoms with Crippen LogP contribution >= 0.6 is 23.1 Å². The maximum absolute atomic E-state index is 12.9. The molecule has 0 saturated carbocycles. The summed E-state index contributed by atoms with van der Waals surface area (Å²) in [5, 5.41) is 13.6. The number of thioether (sulfide) groups is 1. The van der Waals surface area contributed by atoms with E-state index in [1.165, 1.54) is 28.7 Å². The summed E-state index contributed by atoms with van der Waals surface area (Å²) in [5.41, 5.74) is 5.28. The number of hydrogen-bond acceptors (Lipinski definition) is 7. The normalized spacial score (nSPS) is 11.8. The first kappa shape index (κ1) is 25.9. The molecule has 1 N–H and O–H groups in total. The van der Waals surface area contributed by atoms with Crippen molar-refractivity contribution in [2.45, 2.75) is 57.4 Å². The number of fused-ring (bicyclic) bond motifs is 3. The number of aromatic nitrogens is 1. The Balaban J connectivity index is 1.48. The molecule has 1 amide bonds. The fourth-order valence-electron chi connectivity index (χ4n) is 4.25. The average molecular weight is 520 g/mol. The largest absolute Gasteiger partial charge is 0.462 e. The lowest BCUT2D eigenvalue weighted by Gasteiger charge is -2.16. The minimum absolute atomic E-state index is 0.180. The molecule has 0 saturated heterocycles. The van der Waals surface area contributed by atoms with E-state index < -0.39 is 5.97 Å². The molecule has 3 aromatic rings. The number of rotatable bonds is 10. The van der Waals surface area contributed by atoms with Gasteiger partial charge in [0.2, 0.25) is 5.91 Å². The van der Waals surface area contributed by atoms with Crippen molar-refractivity contribution >= 4 is 40.0 Å². The number of esters is 1. The molecule has 0 radical (unpaired) electrons. The highest BCUT2D eigenvalue weighted by atomic mass is 32.2. The van der Waals surface area contributed by atoms with Crippen molar-refractivity contribution in [3.05, 3.63) is 64.3 Å². The van der Waals surface area contributed by atoms with Gasteiger partial charge in [-0.15, -0.1) is 23.1 Å². The third-order valence-electron chi connectivity index (χ3n) is 6.04. The molecule has 1 aromatic carbocycles. The van der Waals surface area contributed by atoms with Gasteiger partial charge in [0.15, 0.2) is 0 Å². The van der Waals surface area contributed by atoms with Crippen LogP contribution in [0.3, 0.4) is 0 Å². The highest BCUT2D eigenvalue weighted by Gasteiger charge is 2.29. The predicted octanol–water partition coefficient (Wildman–Crippen LogP) is 6.42. The van der Waals surface area contributed by atoms with E-state index in [0.29, 0.717) is 26.9 Å². The topological polar surface area (TPSA) is 92.1 Å². The molecule has 1 aliphatic carbocycles.